The van der Waals surface area contributed by atoms with Crippen LogP contribution in [0.15, 0.2) is 36.6 Å². The molecule has 0 aliphatic heterocycles. The van der Waals surface area contributed by atoms with E-state index >= 15 is 0 Å². The average Bonchev–Trinajstić information content (AvgIpc) is 2.45. The normalized spacial score (nSPS) is 42.2. The summed E-state index contributed by atoms with van der Waals surface area (Å²) in [6, 6.07) is 10.4. The topological polar surface area (TPSA) is 9.23 Å². The maximum absolute atomic E-state index is 6.33. The van der Waals surface area contributed by atoms with Gasteiger partial charge in [-0.05, 0) is 74.3 Å². The first-order valence-corrected chi connectivity index (χ1v) is 8.13. The Morgan fingerprint density at radius 1 is 0.950 bits per heavy atom. The minimum atomic E-state index is 0.0959. The molecule has 0 saturated heterocycles. The Kier molecular flexibility index (Phi) is 2.90. The fourth-order valence-electron chi connectivity index (χ4n) is 5.14. The second-order valence-electron chi connectivity index (χ2n) is 7.32. The summed E-state index contributed by atoms with van der Waals surface area (Å²) in [7, 11) is 0. The lowest BCUT2D eigenvalue weighted by atomic mass is 9.50. The van der Waals surface area contributed by atoms with Crippen molar-refractivity contribution in [1.29, 1.82) is 0 Å². The summed E-state index contributed by atoms with van der Waals surface area (Å²) in [5, 5.41) is 0. The van der Waals surface area contributed by atoms with Crippen molar-refractivity contribution in [3.8, 4) is 0 Å². The lowest BCUT2D eigenvalue weighted by molar-refractivity contribution is -0.165. The van der Waals surface area contributed by atoms with Crippen LogP contribution in [0, 0.1) is 23.7 Å². The molecule has 0 radical (unpaired) electrons. The molecule has 20 heavy (non-hydrogen) atoms. The number of hydrogen-bond donors (Lipinski definition) is 0. The molecule has 0 heterocycles. The first-order chi connectivity index (χ1) is 9.74. The molecule has 0 unspecified atom stereocenters. The highest BCUT2D eigenvalue weighted by Gasteiger charge is 2.56. The maximum atomic E-state index is 6.33. The highest BCUT2D eigenvalue weighted by molar-refractivity contribution is 5.47. The van der Waals surface area contributed by atoms with Gasteiger partial charge in [0.1, 0.15) is 5.60 Å². The molecular weight excluding hydrogens is 244 g/mol. The van der Waals surface area contributed by atoms with Gasteiger partial charge in [-0.1, -0.05) is 30.3 Å². The van der Waals surface area contributed by atoms with E-state index in [9.17, 15) is 0 Å². The Labute approximate surface area is 122 Å². The van der Waals surface area contributed by atoms with Crippen molar-refractivity contribution in [2.24, 2.45) is 23.7 Å². The van der Waals surface area contributed by atoms with Gasteiger partial charge in [-0.2, -0.15) is 0 Å². The number of benzene rings is 1. The molecule has 4 aliphatic rings. The third kappa shape index (κ3) is 1.99. The van der Waals surface area contributed by atoms with Crippen molar-refractivity contribution < 1.29 is 4.74 Å². The van der Waals surface area contributed by atoms with Crippen LogP contribution in [0.5, 0.6) is 0 Å². The monoisotopic (exact) mass is 268 g/mol. The van der Waals surface area contributed by atoms with E-state index in [2.05, 4.69) is 43.3 Å². The molecule has 4 aliphatic carbocycles. The molecule has 1 aromatic rings. The minimum absolute atomic E-state index is 0.0959. The highest BCUT2D eigenvalue weighted by Crippen LogP contribution is 2.59. The van der Waals surface area contributed by atoms with Crippen LogP contribution >= 0.6 is 0 Å². The van der Waals surface area contributed by atoms with Crippen molar-refractivity contribution in [2.75, 3.05) is 0 Å². The smallest absolute Gasteiger partial charge is 0.111 e. The fraction of sp³-hybridized carbons (Fsp3) is 0.579. The molecule has 4 bridgehead atoms. The molecule has 0 atom stereocenters. The summed E-state index contributed by atoms with van der Waals surface area (Å²) in [5.74, 6) is 3.60. The summed E-state index contributed by atoms with van der Waals surface area (Å²) in [6.45, 7) is 2.37. The molecule has 5 rings (SSSR count). The van der Waals surface area contributed by atoms with Gasteiger partial charge in [0.05, 0.1) is 6.26 Å². The predicted octanol–water partition coefficient (Wildman–Crippen LogP) is 4.89. The van der Waals surface area contributed by atoms with Gasteiger partial charge >= 0.3 is 0 Å². The van der Waals surface area contributed by atoms with Crippen molar-refractivity contribution >= 4 is 6.08 Å². The average molecular weight is 268 g/mol. The summed E-state index contributed by atoms with van der Waals surface area (Å²) in [4.78, 5) is 0. The van der Waals surface area contributed by atoms with Gasteiger partial charge in [0, 0.05) is 0 Å². The molecule has 4 fully saturated rings. The molecule has 0 aromatic heterocycles. The minimum Gasteiger partial charge on any atom is -0.495 e. The van der Waals surface area contributed by atoms with Gasteiger partial charge in [-0.25, -0.2) is 0 Å². The van der Waals surface area contributed by atoms with Crippen LogP contribution in [0.3, 0.4) is 0 Å². The Hall–Kier alpha value is -1.24. The second-order valence-corrected chi connectivity index (χ2v) is 7.32. The molecular formula is C19H24O. The Balaban J connectivity index is 1.49. The Bertz CT molecular complexity index is 474. The first-order valence-electron chi connectivity index (χ1n) is 8.13. The molecule has 0 amide bonds. The van der Waals surface area contributed by atoms with Crippen molar-refractivity contribution in [2.45, 2.75) is 44.6 Å². The predicted molar refractivity (Wildman–Crippen MR) is 82.0 cm³/mol. The zero-order chi connectivity index (χ0) is 13.6. The number of ether oxygens (including phenoxy) is 1. The van der Waals surface area contributed by atoms with Crippen molar-refractivity contribution in [3.63, 3.8) is 0 Å². The van der Waals surface area contributed by atoms with Crippen LogP contribution in [0.2, 0.25) is 0 Å². The van der Waals surface area contributed by atoms with E-state index in [1.54, 1.807) is 0 Å². The number of hydrogen-bond acceptors (Lipinski definition) is 1. The highest BCUT2D eigenvalue weighted by atomic mass is 16.5. The largest absolute Gasteiger partial charge is 0.495 e. The van der Waals surface area contributed by atoms with E-state index in [0.717, 1.165) is 23.7 Å². The van der Waals surface area contributed by atoms with E-state index in [-0.39, 0.29) is 5.60 Å². The quantitative estimate of drug-likeness (QED) is 0.709. The lowest BCUT2D eigenvalue weighted by Crippen LogP contribution is -2.56. The molecule has 0 spiro atoms. The third-order valence-electron chi connectivity index (χ3n) is 6.14. The van der Waals surface area contributed by atoms with Crippen LogP contribution in [0.1, 0.15) is 44.6 Å². The molecule has 1 heteroatoms. The molecule has 4 saturated carbocycles. The number of rotatable bonds is 3. The standard InChI is InChI=1S/C19H24O/c1-19(20-8-7-14-5-3-2-4-6-14)17-10-15-9-16(12-17)13-18(19)11-15/h2-8,15-18H,9-13H2,1H3. The zero-order valence-corrected chi connectivity index (χ0v) is 12.3. The van der Waals surface area contributed by atoms with Gasteiger partial charge in [-0.15, -0.1) is 0 Å². The van der Waals surface area contributed by atoms with Gasteiger partial charge < -0.3 is 4.74 Å². The van der Waals surface area contributed by atoms with Crippen LogP contribution in [0.25, 0.3) is 6.08 Å². The van der Waals surface area contributed by atoms with Crippen LogP contribution in [-0.4, -0.2) is 5.60 Å². The van der Waals surface area contributed by atoms with Crippen molar-refractivity contribution in [1.82, 2.24) is 0 Å². The molecule has 1 aromatic carbocycles. The van der Waals surface area contributed by atoms with Gasteiger partial charge in [0.25, 0.3) is 0 Å². The summed E-state index contributed by atoms with van der Waals surface area (Å²) in [6.07, 6.45) is 11.2. The Morgan fingerprint density at radius 3 is 2.15 bits per heavy atom. The van der Waals surface area contributed by atoms with E-state index in [1.807, 2.05) is 6.26 Å². The molecule has 1 nitrogen and oxygen atoms in total. The zero-order valence-electron chi connectivity index (χ0n) is 12.3. The first kappa shape index (κ1) is 12.5. The SMILES string of the molecule is CC1(OC=Cc2ccccc2)C2CC3CC(C2)CC1C3. The van der Waals surface area contributed by atoms with E-state index < -0.39 is 0 Å². The molecule has 106 valence electrons. The summed E-state index contributed by atoms with van der Waals surface area (Å²) in [5.41, 5.74) is 1.32. The van der Waals surface area contributed by atoms with E-state index in [0.29, 0.717) is 0 Å². The summed E-state index contributed by atoms with van der Waals surface area (Å²) >= 11 is 0. The van der Waals surface area contributed by atoms with Gasteiger partial charge in [0.15, 0.2) is 0 Å². The lowest BCUT2D eigenvalue weighted by Gasteiger charge is -2.59. The summed E-state index contributed by atoms with van der Waals surface area (Å²) < 4.78 is 6.33. The maximum Gasteiger partial charge on any atom is 0.111 e. The Morgan fingerprint density at radius 2 is 1.55 bits per heavy atom. The van der Waals surface area contributed by atoms with Crippen LogP contribution in [-0.2, 0) is 4.74 Å². The van der Waals surface area contributed by atoms with E-state index in [4.69, 9.17) is 4.74 Å². The second kappa shape index (κ2) is 4.65. The van der Waals surface area contributed by atoms with Crippen LogP contribution in [0.4, 0.5) is 0 Å². The molecule has 0 N–H and O–H groups in total. The van der Waals surface area contributed by atoms with Crippen molar-refractivity contribution in [3.05, 3.63) is 42.2 Å². The van der Waals surface area contributed by atoms with Gasteiger partial charge in [-0.3, -0.25) is 0 Å². The van der Waals surface area contributed by atoms with Crippen LogP contribution < -0.4 is 0 Å². The third-order valence-corrected chi connectivity index (χ3v) is 6.14. The van der Waals surface area contributed by atoms with Gasteiger partial charge in [0.2, 0.25) is 0 Å². The fourth-order valence-corrected chi connectivity index (χ4v) is 5.14. The van der Waals surface area contributed by atoms with E-state index in [1.165, 1.54) is 37.7 Å².